The number of rotatable bonds is 3. The summed E-state index contributed by atoms with van der Waals surface area (Å²) in [4.78, 5) is 14.7. The summed E-state index contributed by atoms with van der Waals surface area (Å²) < 4.78 is 13.0. The molecule has 0 bridgehead atoms. The zero-order valence-corrected chi connectivity index (χ0v) is 9.82. The Bertz CT molecular complexity index is 622. The number of thiazole rings is 1. The predicted molar refractivity (Wildman–Crippen MR) is 66.1 cm³/mol. The maximum Gasteiger partial charge on any atom is 0.347 e. The third-order valence-electron chi connectivity index (χ3n) is 2.12. The van der Waals surface area contributed by atoms with Crippen LogP contribution in [-0.2, 0) is 0 Å². The van der Waals surface area contributed by atoms with Gasteiger partial charge in [-0.15, -0.1) is 11.3 Å². The van der Waals surface area contributed by atoms with E-state index in [0.29, 0.717) is 10.6 Å². The molecule has 4 nitrogen and oxygen atoms in total. The van der Waals surface area contributed by atoms with Gasteiger partial charge in [0.2, 0.25) is 0 Å². The Morgan fingerprint density at radius 2 is 2.17 bits per heavy atom. The molecule has 0 saturated carbocycles. The van der Waals surface area contributed by atoms with Crippen LogP contribution in [0.2, 0.25) is 0 Å². The molecular formula is C12H8FNO3S. The van der Waals surface area contributed by atoms with E-state index in [-0.39, 0.29) is 4.88 Å². The first-order chi connectivity index (χ1) is 8.56. The number of carboxylic acid groups (broad SMARTS) is 1. The van der Waals surface area contributed by atoms with Crippen molar-refractivity contribution in [1.82, 2.24) is 4.98 Å². The second-order valence-corrected chi connectivity index (χ2v) is 4.47. The molecule has 0 aliphatic heterocycles. The smallest absolute Gasteiger partial charge is 0.347 e. The van der Waals surface area contributed by atoms with E-state index in [1.807, 2.05) is 0 Å². The summed E-state index contributed by atoms with van der Waals surface area (Å²) in [6.45, 7) is 0. The van der Waals surface area contributed by atoms with Crippen molar-refractivity contribution in [2.24, 2.45) is 0 Å². The minimum Gasteiger partial charge on any atom is -0.505 e. The van der Waals surface area contributed by atoms with E-state index < -0.39 is 17.5 Å². The van der Waals surface area contributed by atoms with Gasteiger partial charge in [0.25, 0.3) is 0 Å². The third kappa shape index (κ3) is 2.72. The molecule has 1 heterocycles. The zero-order chi connectivity index (χ0) is 13.1. The fourth-order valence-corrected chi connectivity index (χ4v) is 1.92. The molecule has 0 aliphatic rings. The molecule has 1 aromatic carbocycles. The van der Waals surface area contributed by atoms with Crippen LogP contribution in [0, 0.1) is 5.82 Å². The SMILES string of the molecule is O=C(O)c1cnc(/C=C/c2ccc(O)c(F)c2)s1. The van der Waals surface area contributed by atoms with Crippen LogP contribution in [0.5, 0.6) is 5.75 Å². The van der Waals surface area contributed by atoms with E-state index >= 15 is 0 Å². The number of carbonyl (C=O) groups is 1. The van der Waals surface area contributed by atoms with Gasteiger partial charge in [-0.1, -0.05) is 12.1 Å². The fourth-order valence-electron chi connectivity index (χ4n) is 1.26. The summed E-state index contributed by atoms with van der Waals surface area (Å²) in [5.41, 5.74) is 0.553. The number of phenolic OH excluding ortho intramolecular Hbond substituents is 1. The second kappa shape index (κ2) is 4.97. The quantitative estimate of drug-likeness (QED) is 0.895. The van der Waals surface area contributed by atoms with Crippen LogP contribution in [0.4, 0.5) is 4.39 Å². The van der Waals surface area contributed by atoms with Crippen molar-refractivity contribution in [2.75, 3.05) is 0 Å². The van der Waals surface area contributed by atoms with Crippen LogP contribution in [0.1, 0.15) is 20.2 Å². The molecule has 1 aromatic heterocycles. The molecule has 0 spiro atoms. The Labute approximate surface area is 106 Å². The van der Waals surface area contributed by atoms with Gasteiger partial charge >= 0.3 is 5.97 Å². The van der Waals surface area contributed by atoms with Gasteiger partial charge in [0.1, 0.15) is 9.88 Å². The summed E-state index contributed by atoms with van der Waals surface area (Å²) in [5.74, 6) is -2.14. The number of halogens is 1. The molecule has 0 radical (unpaired) electrons. The molecule has 2 rings (SSSR count). The summed E-state index contributed by atoms with van der Waals surface area (Å²) in [6.07, 6.45) is 4.44. The van der Waals surface area contributed by atoms with Crippen molar-refractivity contribution in [2.45, 2.75) is 0 Å². The van der Waals surface area contributed by atoms with Gasteiger partial charge < -0.3 is 10.2 Å². The lowest BCUT2D eigenvalue weighted by atomic mass is 10.2. The molecule has 0 amide bonds. The standard InChI is InChI=1S/C12H8FNO3S/c13-8-5-7(1-3-9(8)15)2-4-11-14-6-10(18-11)12(16)17/h1-6,15H,(H,16,17)/b4-2+. The second-order valence-electron chi connectivity index (χ2n) is 3.41. The lowest BCUT2D eigenvalue weighted by Crippen LogP contribution is -1.89. The van der Waals surface area contributed by atoms with Gasteiger partial charge in [0.05, 0.1) is 6.20 Å². The number of aromatic nitrogens is 1. The maximum atomic E-state index is 13.0. The lowest BCUT2D eigenvalue weighted by Gasteiger charge is -1.96. The Morgan fingerprint density at radius 3 is 2.78 bits per heavy atom. The molecule has 92 valence electrons. The normalized spacial score (nSPS) is 10.9. The highest BCUT2D eigenvalue weighted by atomic mass is 32.1. The van der Waals surface area contributed by atoms with Crippen LogP contribution in [0.15, 0.2) is 24.4 Å². The van der Waals surface area contributed by atoms with E-state index in [2.05, 4.69) is 4.98 Å². The van der Waals surface area contributed by atoms with Crippen molar-refractivity contribution in [3.63, 3.8) is 0 Å². The van der Waals surface area contributed by atoms with Crippen molar-refractivity contribution in [3.05, 3.63) is 45.7 Å². The minimum absolute atomic E-state index is 0.145. The number of aromatic carboxylic acids is 1. The van der Waals surface area contributed by atoms with Gasteiger partial charge in [-0.05, 0) is 23.8 Å². The molecule has 2 N–H and O–H groups in total. The average molecular weight is 265 g/mol. The first-order valence-electron chi connectivity index (χ1n) is 4.92. The molecule has 0 atom stereocenters. The van der Waals surface area contributed by atoms with Gasteiger partial charge in [0, 0.05) is 0 Å². The maximum absolute atomic E-state index is 13.0. The molecule has 18 heavy (non-hydrogen) atoms. The van der Waals surface area contributed by atoms with E-state index in [0.717, 1.165) is 11.3 Å². The molecule has 0 fully saturated rings. The van der Waals surface area contributed by atoms with Gasteiger partial charge in [0.15, 0.2) is 11.6 Å². The number of carboxylic acids is 1. The topological polar surface area (TPSA) is 70.4 Å². The van der Waals surface area contributed by atoms with Crippen LogP contribution in [-0.4, -0.2) is 21.2 Å². The largest absolute Gasteiger partial charge is 0.505 e. The highest BCUT2D eigenvalue weighted by Gasteiger charge is 2.06. The minimum atomic E-state index is -1.03. The van der Waals surface area contributed by atoms with Crippen molar-refractivity contribution in [3.8, 4) is 5.75 Å². The van der Waals surface area contributed by atoms with E-state index in [1.165, 1.54) is 18.3 Å². The summed E-state index contributed by atoms with van der Waals surface area (Å²) in [7, 11) is 0. The molecular weight excluding hydrogens is 257 g/mol. The molecule has 2 aromatic rings. The third-order valence-corrected chi connectivity index (χ3v) is 3.08. The summed E-state index contributed by atoms with van der Waals surface area (Å²) >= 11 is 1.03. The first kappa shape index (κ1) is 12.3. The van der Waals surface area contributed by atoms with Crippen molar-refractivity contribution >= 4 is 29.5 Å². The lowest BCUT2D eigenvalue weighted by molar-refractivity contribution is 0.0702. The summed E-state index contributed by atoms with van der Waals surface area (Å²) in [5, 5.41) is 18.3. The fraction of sp³-hybridized carbons (Fsp3) is 0. The monoisotopic (exact) mass is 265 g/mol. The van der Waals surface area contributed by atoms with Crippen LogP contribution < -0.4 is 0 Å². The van der Waals surface area contributed by atoms with Crippen molar-refractivity contribution in [1.29, 1.82) is 0 Å². The first-order valence-corrected chi connectivity index (χ1v) is 5.73. The molecule has 6 heteroatoms. The molecule has 0 aliphatic carbocycles. The Balaban J connectivity index is 2.19. The molecule has 0 unspecified atom stereocenters. The average Bonchev–Trinajstić information content (AvgIpc) is 2.79. The van der Waals surface area contributed by atoms with E-state index in [4.69, 9.17) is 10.2 Å². The van der Waals surface area contributed by atoms with Gasteiger partial charge in [-0.25, -0.2) is 14.2 Å². The van der Waals surface area contributed by atoms with Crippen LogP contribution in [0.3, 0.4) is 0 Å². The Kier molecular flexibility index (Phi) is 3.38. The highest BCUT2D eigenvalue weighted by Crippen LogP contribution is 2.19. The zero-order valence-electron chi connectivity index (χ0n) is 9.00. The van der Waals surface area contributed by atoms with Gasteiger partial charge in [-0.3, -0.25) is 0 Å². The predicted octanol–water partition coefficient (Wildman–Crippen LogP) is 2.86. The van der Waals surface area contributed by atoms with E-state index in [1.54, 1.807) is 18.2 Å². The number of benzene rings is 1. The number of hydrogen-bond donors (Lipinski definition) is 2. The van der Waals surface area contributed by atoms with Crippen LogP contribution in [0.25, 0.3) is 12.2 Å². The Morgan fingerprint density at radius 1 is 1.39 bits per heavy atom. The van der Waals surface area contributed by atoms with E-state index in [9.17, 15) is 9.18 Å². The number of hydrogen-bond acceptors (Lipinski definition) is 4. The van der Waals surface area contributed by atoms with Crippen molar-refractivity contribution < 1.29 is 19.4 Å². The highest BCUT2D eigenvalue weighted by molar-refractivity contribution is 7.14. The van der Waals surface area contributed by atoms with Crippen LogP contribution >= 0.6 is 11.3 Å². The number of phenols is 1. The summed E-state index contributed by atoms with van der Waals surface area (Å²) in [6, 6.07) is 3.97. The molecule has 0 saturated heterocycles. The number of nitrogens with zero attached hydrogens (tertiary/aromatic N) is 1. The van der Waals surface area contributed by atoms with Gasteiger partial charge in [-0.2, -0.15) is 0 Å². The number of aromatic hydroxyl groups is 1. The Hall–Kier alpha value is -2.21.